The second-order valence-corrected chi connectivity index (χ2v) is 5.76. The largest absolute Gasteiger partial charge is 0.324 e. The molecule has 0 aliphatic heterocycles. The monoisotopic (exact) mass is 233 g/mol. The molecule has 0 spiro atoms. The third-order valence-corrected chi connectivity index (χ3v) is 4.68. The fourth-order valence-corrected chi connectivity index (χ4v) is 3.51. The molecule has 2 unspecified atom stereocenters. The maximum Gasteiger partial charge on any atom is 0.123 e. The van der Waals surface area contributed by atoms with E-state index in [4.69, 9.17) is 5.73 Å². The first kappa shape index (κ1) is 11.2. The molecular formula is C15H20FN. The quantitative estimate of drug-likeness (QED) is 0.830. The Balaban J connectivity index is 1.73. The van der Waals surface area contributed by atoms with Crippen LogP contribution in [0.2, 0.25) is 0 Å². The maximum atomic E-state index is 12.9. The van der Waals surface area contributed by atoms with E-state index in [0.717, 1.165) is 6.42 Å². The Morgan fingerprint density at radius 1 is 1.06 bits per heavy atom. The summed E-state index contributed by atoms with van der Waals surface area (Å²) < 4.78 is 12.9. The minimum atomic E-state index is -0.158. The van der Waals surface area contributed by atoms with Gasteiger partial charge in [-0.2, -0.15) is 0 Å². The van der Waals surface area contributed by atoms with Crippen LogP contribution >= 0.6 is 0 Å². The van der Waals surface area contributed by atoms with E-state index < -0.39 is 0 Å². The van der Waals surface area contributed by atoms with Gasteiger partial charge < -0.3 is 5.73 Å². The van der Waals surface area contributed by atoms with Gasteiger partial charge >= 0.3 is 0 Å². The van der Waals surface area contributed by atoms with Crippen molar-refractivity contribution in [2.75, 3.05) is 0 Å². The standard InChI is InChI=1S/C15H20FN/c16-13-8-6-11(7-9-13)14-10-15(14,17)12-4-2-1-3-5-12/h6-9,12,14H,1-5,10,17H2. The summed E-state index contributed by atoms with van der Waals surface area (Å²) in [6.07, 6.45) is 7.69. The molecule has 3 rings (SSSR count). The third-order valence-electron chi connectivity index (χ3n) is 4.68. The van der Waals surface area contributed by atoms with Crippen LogP contribution in [0, 0.1) is 11.7 Å². The van der Waals surface area contributed by atoms with Crippen molar-refractivity contribution in [2.45, 2.75) is 50.0 Å². The summed E-state index contributed by atoms with van der Waals surface area (Å²) in [7, 11) is 0. The molecule has 0 radical (unpaired) electrons. The van der Waals surface area contributed by atoms with Crippen molar-refractivity contribution in [3.05, 3.63) is 35.6 Å². The topological polar surface area (TPSA) is 26.0 Å². The molecule has 2 aliphatic rings. The average Bonchev–Trinajstić information content (AvgIpc) is 3.05. The van der Waals surface area contributed by atoms with E-state index in [-0.39, 0.29) is 11.4 Å². The number of rotatable bonds is 2. The lowest BCUT2D eigenvalue weighted by atomic mass is 9.81. The Hall–Kier alpha value is -0.890. The SMILES string of the molecule is NC1(C2CCCCC2)CC1c1ccc(F)cc1. The van der Waals surface area contributed by atoms with E-state index >= 15 is 0 Å². The van der Waals surface area contributed by atoms with Crippen LogP contribution < -0.4 is 5.73 Å². The van der Waals surface area contributed by atoms with Gasteiger partial charge in [-0.25, -0.2) is 4.39 Å². The lowest BCUT2D eigenvalue weighted by Gasteiger charge is -2.28. The van der Waals surface area contributed by atoms with Crippen LogP contribution in [-0.2, 0) is 0 Å². The van der Waals surface area contributed by atoms with Crippen molar-refractivity contribution in [1.29, 1.82) is 0 Å². The van der Waals surface area contributed by atoms with Crippen molar-refractivity contribution >= 4 is 0 Å². The number of hydrogen-bond donors (Lipinski definition) is 1. The zero-order valence-corrected chi connectivity index (χ0v) is 10.2. The highest BCUT2D eigenvalue weighted by atomic mass is 19.1. The van der Waals surface area contributed by atoms with Crippen molar-refractivity contribution in [2.24, 2.45) is 11.7 Å². The van der Waals surface area contributed by atoms with E-state index in [1.807, 2.05) is 12.1 Å². The van der Waals surface area contributed by atoms with Crippen LogP contribution in [0.4, 0.5) is 4.39 Å². The minimum Gasteiger partial charge on any atom is -0.324 e. The molecule has 0 aromatic heterocycles. The van der Waals surface area contributed by atoms with Gasteiger partial charge in [-0.1, -0.05) is 31.4 Å². The molecule has 2 aliphatic carbocycles. The van der Waals surface area contributed by atoms with E-state index in [0.29, 0.717) is 11.8 Å². The van der Waals surface area contributed by atoms with Gasteiger partial charge in [0.25, 0.3) is 0 Å². The molecule has 2 heteroatoms. The molecule has 2 atom stereocenters. The summed E-state index contributed by atoms with van der Waals surface area (Å²) in [4.78, 5) is 0. The Kier molecular flexibility index (Phi) is 2.70. The van der Waals surface area contributed by atoms with E-state index in [2.05, 4.69) is 0 Å². The molecule has 2 saturated carbocycles. The molecule has 0 saturated heterocycles. The highest BCUT2D eigenvalue weighted by Crippen LogP contribution is 2.57. The van der Waals surface area contributed by atoms with E-state index in [1.165, 1.54) is 37.7 Å². The second kappa shape index (κ2) is 4.09. The fraction of sp³-hybridized carbons (Fsp3) is 0.600. The summed E-state index contributed by atoms with van der Waals surface area (Å²) in [6.45, 7) is 0. The van der Waals surface area contributed by atoms with Gasteiger partial charge in [-0.15, -0.1) is 0 Å². The van der Waals surface area contributed by atoms with Crippen molar-refractivity contribution < 1.29 is 4.39 Å². The lowest BCUT2D eigenvalue weighted by Crippen LogP contribution is -2.35. The highest BCUT2D eigenvalue weighted by Gasteiger charge is 2.56. The number of benzene rings is 1. The number of halogens is 1. The van der Waals surface area contributed by atoms with Crippen molar-refractivity contribution in [1.82, 2.24) is 0 Å². The van der Waals surface area contributed by atoms with Crippen molar-refractivity contribution in [3.63, 3.8) is 0 Å². The van der Waals surface area contributed by atoms with Gasteiger partial charge in [0.1, 0.15) is 5.82 Å². The van der Waals surface area contributed by atoms with Crippen LogP contribution in [0.15, 0.2) is 24.3 Å². The van der Waals surface area contributed by atoms with Crippen LogP contribution in [-0.4, -0.2) is 5.54 Å². The van der Waals surface area contributed by atoms with Gasteiger partial charge in [0.15, 0.2) is 0 Å². The minimum absolute atomic E-state index is 0.0122. The Labute approximate surface area is 102 Å². The van der Waals surface area contributed by atoms with Crippen molar-refractivity contribution in [3.8, 4) is 0 Å². The predicted molar refractivity (Wildman–Crippen MR) is 67.3 cm³/mol. The predicted octanol–water partition coefficient (Wildman–Crippen LogP) is 3.59. The van der Waals surface area contributed by atoms with E-state index in [1.54, 1.807) is 12.1 Å². The molecule has 2 N–H and O–H groups in total. The van der Waals surface area contributed by atoms with Gasteiger partial charge in [0.2, 0.25) is 0 Å². The van der Waals surface area contributed by atoms with Crippen LogP contribution in [0.25, 0.3) is 0 Å². The summed E-state index contributed by atoms with van der Waals surface area (Å²) in [5.41, 5.74) is 7.78. The molecule has 1 aromatic carbocycles. The zero-order chi connectivity index (χ0) is 11.9. The first-order chi connectivity index (χ1) is 8.20. The molecule has 0 amide bonds. The first-order valence-electron chi connectivity index (χ1n) is 6.74. The summed E-state index contributed by atoms with van der Waals surface area (Å²) in [5.74, 6) is 0.993. The van der Waals surface area contributed by atoms with Gasteiger partial charge in [-0.3, -0.25) is 0 Å². The highest BCUT2D eigenvalue weighted by molar-refractivity contribution is 5.34. The molecule has 1 nitrogen and oxygen atoms in total. The van der Waals surface area contributed by atoms with Crippen LogP contribution in [0.5, 0.6) is 0 Å². The van der Waals surface area contributed by atoms with Gasteiger partial charge in [-0.05, 0) is 42.9 Å². The maximum absolute atomic E-state index is 12.9. The Morgan fingerprint density at radius 3 is 2.35 bits per heavy atom. The van der Waals surface area contributed by atoms with Gasteiger partial charge in [0, 0.05) is 11.5 Å². The number of nitrogens with two attached hydrogens (primary N) is 1. The molecule has 1 aromatic rings. The molecular weight excluding hydrogens is 213 g/mol. The van der Waals surface area contributed by atoms with Gasteiger partial charge in [0.05, 0.1) is 0 Å². The van der Waals surface area contributed by atoms with Crippen LogP contribution in [0.1, 0.15) is 50.0 Å². The average molecular weight is 233 g/mol. The van der Waals surface area contributed by atoms with E-state index in [9.17, 15) is 4.39 Å². The third kappa shape index (κ3) is 1.99. The fourth-order valence-electron chi connectivity index (χ4n) is 3.51. The molecule has 92 valence electrons. The molecule has 2 fully saturated rings. The molecule has 0 bridgehead atoms. The summed E-state index contributed by atoms with van der Waals surface area (Å²) in [5, 5.41) is 0. The normalized spacial score (nSPS) is 33.6. The lowest BCUT2D eigenvalue weighted by molar-refractivity contribution is 0.286. The molecule has 0 heterocycles. The first-order valence-corrected chi connectivity index (χ1v) is 6.74. The Morgan fingerprint density at radius 2 is 1.71 bits per heavy atom. The molecule has 17 heavy (non-hydrogen) atoms. The summed E-state index contributed by atoms with van der Waals surface area (Å²) >= 11 is 0. The summed E-state index contributed by atoms with van der Waals surface area (Å²) in [6, 6.07) is 6.90. The smallest absolute Gasteiger partial charge is 0.123 e. The number of hydrogen-bond acceptors (Lipinski definition) is 1. The van der Waals surface area contributed by atoms with Crippen LogP contribution in [0.3, 0.4) is 0 Å². The zero-order valence-electron chi connectivity index (χ0n) is 10.2. The second-order valence-electron chi connectivity index (χ2n) is 5.76. The Bertz CT molecular complexity index is 394.